The number of aromatic nitrogens is 3. The van der Waals surface area contributed by atoms with Crippen LogP contribution in [0.1, 0.15) is 0 Å². The number of halogens is 1. The van der Waals surface area contributed by atoms with Crippen molar-refractivity contribution in [3.05, 3.63) is 48.5 Å². The lowest BCUT2D eigenvalue weighted by molar-refractivity contribution is 0.628. The van der Waals surface area contributed by atoms with Gasteiger partial charge in [-0.25, -0.2) is 4.39 Å². The zero-order chi connectivity index (χ0) is 8.65. The summed E-state index contributed by atoms with van der Waals surface area (Å²) in [6.07, 6.45) is 3.17. The second kappa shape index (κ2) is 5.01. The average Bonchev–Trinajstić information content (AvgIpc) is 2.62. The van der Waals surface area contributed by atoms with Gasteiger partial charge in [0.15, 0.2) is 0 Å². The Hall–Kier alpha value is -1.71. The molecule has 0 radical (unpaired) electrons. The number of nitrogens with one attached hydrogen (secondary N) is 1. The van der Waals surface area contributed by atoms with E-state index in [0.717, 1.165) is 0 Å². The Kier molecular flexibility index (Phi) is 3.50. The second-order valence-corrected chi connectivity index (χ2v) is 1.95. The van der Waals surface area contributed by atoms with E-state index >= 15 is 0 Å². The number of H-pyrrole nitrogens is 1. The Morgan fingerprint density at radius 1 is 1.00 bits per heavy atom. The minimum Gasteiger partial charge on any atom is -0.207 e. The van der Waals surface area contributed by atoms with E-state index in [-0.39, 0.29) is 5.82 Å². The van der Waals surface area contributed by atoms with Gasteiger partial charge >= 0.3 is 0 Å². The lowest BCUT2D eigenvalue weighted by Crippen LogP contribution is -1.63. The number of nitrogens with zero attached hydrogens (tertiary/aromatic N) is 2. The molecule has 1 aromatic heterocycles. The van der Waals surface area contributed by atoms with Crippen LogP contribution >= 0.6 is 0 Å². The maximum absolute atomic E-state index is 11.9. The summed E-state index contributed by atoms with van der Waals surface area (Å²) in [5, 5.41) is 9.33. The fraction of sp³-hybridized carbons (Fsp3) is 0. The van der Waals surface area contributed by atoms with Crippen molar-refractivity contribution < 1.29 is 4.39 Å². The van der Waals surface area contributed by atoms with E-state index in [4.69, 9.17) is 0 Å². The van der Waals surface area contributed by atoms with Gasteiger partial charge in [-0.05, 0) is 12.1 Å². The van der Waals surface area contributed by atoms with E-state index in [2.05, 4.69) is 15.4 Å². The number of hydrogen-bond acceptors (Lipinski definition) is 2. The molecule has 62 valence electrons. The molecular weight excluding hydrogens is 157 g/mol. The molecule has 0 saturated carbocycles. The summed E-state index contributed by atoms with van der Waals surface area (Å²) in [7, 11) is 0. The van der Waals surface area contributed by atoms with E-state index in [0.29, 0.717) is 0 Å². The summed E-state index contributed by atoms with van der Waals surface area (Å²) < 4.78 is 11.9. The number of rotatable bonds is 0. The molecule has 1 aromatic carbocycles. The Bertz CT molecular complexity index is 263. The molecule has 0 aliphatic heterocycles. The Morgan fingerprint density at radius 3 is 1.83 bits per heavy atom. The van der Waals surface area contributed by atoms with E-state index in [1.807, 2.05) is 0 Å². The summed E-state index contributed by atoms with van der Waals surface area (Å²) >= 11 is 0. The molecule has 0 bridgehead atoms. The molecule has 0 atom stereocenters. The van der Waals surface area contributed by atoms with Crippen molar-refractivity contribution in [2.45, 2.75) is 0 Å². The SMILES string of the molecule is Fc1ccccc1.c1cn[nH]n1. The molecule has 0 fully saturated rings. The van der Waals surface area contributed by atoms with Gasteiger partial charge in [-0.2, -0.15) is 15.4 Å². The largest absolute Gasteiger partial charge is 0.207 e. The van der Waals surface area contributed by atoms with Gasteiger partial charge in [0.1, 0.15) is 5.82 Å². The molecule has 0 aliphatic carbocycles. The molecule has 2 aromatic rings. The standard InChI is InChI=1S/C6H5F.C2H3N3/c7-6-4-2-1-3-5-6;1-2-4-5-3-1/h1-5H;1-2H,(H,3,4,5). The first-order valence-corrected chi connectivity index (χ1v) is 3.40. The van der Waals surface area contributed by atoms with Crippen molar-refractivity contribution in [2.75, 3.05) is 0 Å². The van der Waals surface area contributed by atoms with Gasteiger partial charge in [0.25, 0.3) is 0 Å². The van der Waals surface area contributed by atoms with Crippen molar-refractivity contribution in [3.8, 4) is 0 Å². The molecule has 12 heavy (non-hydrogen) atoms. The van der Waals surface area contributed by atoms with Crippen LogP contribution < -0.4 is 0 Å². The van der Waals surface area contributed by atoms with Crippen LogP contribution in [-0.2, 0) is 0 Å². The fourth-order valence-corrected chi connectivity index (χ4v) is 0.581. The first kappa shape index (κ1) is 8.39. The fourth-order valence-electron chi connectivity index (χ4n) is 0.581. The van der Waals surface area contributed by atoms with Crippen molar-refractivity contribution in [3.63, 3.8) is 0 Å². The third-order valence-corrected chi connectivity index (χ3v) is 1.06. The van der Waals surface area contributed by atoms with Crippen molar-refractivity contribution in [1.82, 2.24) is 15.4 Å². The van der Waals surface area contributed by atoms with E-state index in [1.165, 1.54) is 12.1 Å². The van der Waals surface area contributed by atoms with Gasteiger partial charge in [-0.15, -0.1) is 0 Å². The summed E-state index contributed by atoms with van der Waals surface area (Å²) in [6, 6.07) is 7.94. The number of aromatic amines is 1. The predicted molar refractivity (Wildman–Crippen MR) is 42.8 cm³/mol. The van der Waals surface area contributed by atoms with Crippen LogP contribution in [0.4, 0.5) is 4.39 Å². The predicted octanol–water partition coefficient (Wildman–Crippen LogP) is 1.63. The maximum atomic E-state index is 11.9. The molecule has 0 spiro atoms. The van der Waals surface area contributed by atoms with Crippen LogP contribution in [-0.4, -0.2) is 15.4 Å². The molecule has 0 aliphatic rings. The van der Waals surface area contributed by atoms with Gasteiger partial charge < -0.3 is 0 Å². The highest BCUT2D eigenvalue weighted by atomic mass is 19.1. The third-order valence-electron chi connectivity index (χ3n) is 1.06. The van der Waals surface area contributed by atoms with Crippen molar-refractivity contribution in [2.24, 2.45) is 0 Å². The quantitative estimate of drug-likeness (QED) is 0.644. The van der Waals surface area contributed by atoms with Gasteiger partial charge in [0.05, 0.1) is 12.4 Å². The first-order chi connectivity index (χ1) is 5.89. The zero-order valence-corrected chi connectivity index (χ0v) is 6.31. The van der Waals surface area contributed by atoms with E-state index in [9.17, 15) is 4.39 Å². The van der Waals surface area contributed by atoms with Crippen LogP contribution in [0.25, 0.3) is 0 Å². The molecule has 4 heteroatoms. The van der Waals surface area contributed by atoms with Crippen molar-refractivity contribution >= 4 is 0 Å². The smallest absolute Gasteiger partial charge is 0.123 e. The molecular formula is C8H8FN3. The van der Waals surface area contributed by atoms with Crippen LogP contribution in [0, 0.1) is 5.82 Å². The van der Waals surface area contributed by atoms with Gasteiger partial charge in [0, 0.05) is 0 Å². The van der Waals surface area contributed by atoms with Gasteiger partial charge in [0.2, 0.25) is 0 Å². The summed E-state index contributed by atoms with van der Waals surface area (Å²) in [5.74, 6) is -0.178. The Morgan fingerprint density at radius 2 is 1.58 bits per heavy atom. The van der Waals surface area contributed by atoms with Crippen LogP contribution in [0.15, 0.2) is 42.7 Å². The molecule has 0 unspecified atom stereocenters. The number of hydrogen-bond donors (Lipinski definition) is 1. The first-order valence-electron chi connectivity index (χ1n) is 3.40. The Balaban J connectivity index is 0.000000127. The normalized spacial score (nSPS) is 8.42. The molecule has 2 rings (SSSR count). The van der Waals surface area contributed by atoms with Crippen LogP contribution in [0.2, 0.25) is 0 Å². The highest BCUT2D eigenvalue weighted by Gasteiger charge is 1.77. The number of benzene rings is 1. The van der Waals surface area contributed by atoms with E-state index < -0.39 is 0 Å². The van der Waals surface area contributed by atoms with Gasteiger partial charge in [-0.3, -0.25) is 0 Å². The summed E-state index contributed by atoms with van der Waals surface area (Å²) in [6.45, 7) is 0. The van der Waals surface area contributed by atoms with Crippen LogP contribution in [0.5, 0.6) is 0 Å². The minimum atomic E-state index is -0.178. The zero-order valence-electron chi connectivity index (χ0n) is 6.31. The highest BCUT2D eigenvalue weighted by Crippen LogP contribution is 1.91. The summed E-state index contributed by atoms with van der Waals surface area (Å²) in [5.41, 5.74) is 0. The minimum absolute atomic E-state index is 0.178. The lowest BCUT2D eigenvalue weighted by Gasteiger charge is -1.78. The van der Waals surface area contributed by atoms with Crippen LogP contribution in [0.3, 0.4) is 0 Å². The summed E-state index contributed by atoms with van der Waals surface area (Å²) in [4.78, 5) is 0. The maximum Gasteiger partial charge on any atom is 0.123 e. The molecule has 0 saturated heterocycles. The highest BCUT2D eigenvalue weighted by molar-refractivity contribution is 5.02. The third kappa shape index (κ3) is 3.46. The molecule has 1 N–H and O–H groups in total. The van der Waals surface area contributed by atoms with E-state index in [1.54, 1.807) is 30.6 Å². The Labute approximate surface area is 69.2 Å². The monoisotopic (exact) mass is 165 g/mol. The molecule has 3 nitrogen and oxygen atoms in total. The topological polar surface area (TPSA) is 41.6 Å². The molecule has 0 amide bonds. The molecule has 1 heterocycles. The van der Waals surface area contributed by atoms with Crippen molar-refractivity contribution in [1.29, 1.82) is 0 Å². The lowest BCUT2D eigenvalue weighted by atomic mass is 10.4. The second-order valence-electron chi connectivity index (χ2n) is 1.95. The average molecular weight is 165 g/mol. The van der Waals surface area contributed by atoms with Gasteiger partial charge in [-0.1, -0.05) is 18.2 Å².